The molecule has 1 aliphatic heterocycles. The standard InChI is InChI=1S/C23H26N4O3S/c1-17-15-20(9-11-22(17)30-2)31(28,29)26-19-8-6-7-18(16-19)21-10-12-23(25-24-21)27-13-4-3-5-14-27/h6-12,15-16,26H,3-5,13-14H2,1-2H3. The fraction of sp³-hybridized carbons (Fsp3) is 0.304. The maximum absolute atomic E-state index is 12.8. The van der Waals surface area contributed by atoms with Crippen molar-refractivity contribution in [3.05, 3.63) is 60.2 Å². The first-order chi connectivity index (χ1) is 15.0. The van der Waals surface area contributed by atoms with Gasteiger partial charge in [-0.05, 0) is 74.2 Å². The molecule has 1 aromatic heterocycles. The van der Waals surface area contributed by atoms with Crippen molar-refractivity contribution in [1.82, 2.24) is 10.2 Å². The molecule has 0 radical (unpaired) electrons. The van der Waals surface area contributed by atoms with Gasteiger partial charge >= 0.3 is 0 Å². The quantitative estimate of drug-likeness (QED) is 0.619. The van der Waals surface area contributed by atoms with Gasteiger partial charge in [-0.3, -0.25) is 4.72 Å². The van der Waals surface area contributed by atoms with Crippen LogP contribution in [0.25, 0.3) is 11.3 Å². The van der Waals surface area contributed by atoms with Crippen molar-refractivity contribution in [3.63, 3.8) is 0 Å². The molecule has 0 amide bonds. The van der Waals surface area contributed by atoms with Gasteiger partial charge in [0.1, 0.15) is 5.75 Å². The first kappa shape index (κ1) is 21.1. The van der Waals surface area contributed by atoms with Crippen molar-refractivity contribution in [2.75, 3.05) is 29.8 Å². The van der Waals surface area contributed by atoms with Gasteiger partial charge in [-0.1, -0.05) is 12.1 Å². The van der Waals surface area contributed by atoms with E-state index in [4.69, 9.17) is 4.74 Å². The number of piperidine rings is 1. The second-order valence-corrected chi connectivity index (χ2v) is 9.32. The van der Waals surface area contributed by atoms with Crippen LogP contribution in [-0.2, 0) is 10.0 Å². The zero-order valence-corrected chi connectivity index (χ0v) is 18.5. The SMILES string of the molecule is COc1ccc(S(=O)(=O)Nc2cccc(-c3ccc(N4CCCCC4)nn3)c2)cc1C. The van der Waals surface area contributed by atoms with E-state index in [2.05, 4.69) is 19.8 Å². The number of rotatable bonds is 6. The van der Waals surface area contributed by atoms with Crippen molar-refractivity contribution in [2.45, 2.75) is 31.1 Å². The highest BCUT2D eigenvalue weighted by atomic mass is 32.2. The first-order valence-electron chi connectivity index (χ1n) is 10.3. The topological polar surface area (TPSA) is 84.4 Å². The molecule has 0 bridgehead atoms. The average Bonchev–Trinajstić information content (AvgIpc) is 2.79. The molecule has 162 valence electrons. The van der Waals surface area contributed by atoms with Crippen molar-refractivity contribution in [1.29, 1.82) is 0 Å². The van der Waals surface area contributed by atoms with E-state index < -0.39 is 10.0 Å². The van der Waals surface area contributed by atoms with Crippen LogP contribution >= 0.6 is 0 Å². The van der Waals surface area contributed by atoms with Crippen LogP contribution in [0.3, 0.4) is 0 Å². The lowest BCUT2D eigenvalue weighted by Crippen LogP contribution is -2.30. The largest absolute Gasteiger partial charge is 0.496 e. The lowest BCUT2D eigenvalue weighted by Gasteiger charge is -2.27. The molecular formula is C23H26N4O3S. The number of aromatic nitrogens is 2. The summed E-state index contributed by atoms with van der Waals surface area (Å²) in [5, 5.41) is 8.75. The van der Waals surface area contributed by atoms with Gasteiger partial charge in [0, 0.05) is 24.3 Å². The minimum Gasteiger partial charge on any atom is -0.496 e. The molecule has 0 spiro atoms. The smallest absolute Gasteiger partial charge is 0.261 e. The molecular weight excluding hydrogens is 412 g/mol. The number of ether oxygens (including phenoxy) is 1. The van der Waals surface area contributed by atoms with Gasteiger partial charge in [0.05, 0.1) is 17.7 Å². The van der Waals surface area contributed by atoms with E-state index in [0.29, 0.717) is 17.1 Å². The lowest BCUT2D eigenvalue weighted by atomic mass is 10.1. The Labute approximate surface area is 183 Å². The number of methoxy groups -OCH3 is 1. The maximum Gasteiger partial charge on any atom is 0.261 e. The number of aryl methyl sites for hydroxylation is 1. The third kappa shape index (κ3) is 4.80. The van der Waals surface area contributed by atoms with E-state index in [0.717, 1.165) is 30.0 Å². The Morgan fingerprint density at radius 2 is 1.77 bits per heavy atom. The van der Waals surface area contributed by atoms with E-state index in [-0.39, 0.29) is 4.90 Å². The molecule has 4 rings (SSSR count). The summed E-state index contributed by atoms with van der Waals surface area (Å²) in [5.74, 6) is 1.53. The number of nitrogens with zero attached hydrogens (tertiary/aromatic N) is 3. The van der Waals surface area contributed by atoms with Crippen LogP contribution < -0.4 is 14.4 Å². The molecule has 2 aromatic carbocycles. The summed E-state index contributed by atoms with van der Waals surface area (Å²) in [6.07, 6.45) is 3.62. The van der Waals surface area contributed by atoms with Gasteiger partial charge in [0.15, 0.2) is 5.82 Å². The fourth-order valence-corrected chi connectivity index (χ4v) is 4.88. The number of benzene rings is 2. The number of hydrogen-bond donors (Lipinski definition) is 1. The number of anilines is 2. The lowest BCUT2D eigenvalue weighted by molar-refractivity contribution is 0.411. The molecule has 1 aliphatic rings. The highest BCUT2D eigenvalue weighted by molar-refractivity contribution is 7.92. The Balaban J connectivity index is 1.53. The predicted molar refractivity (Wildman–Crippen MR) is 122 cm³/mol. The normalized spacial score (nSPS) is 14.3. The van der Waals surface area contributed by atoms with Crippen molar-refractivity contribution < 1.29 is 13.2 Å². The molecule has 0 aliphatic carbocycles. The molecule has 31 heavy (non-hydrogen) atoms. The van der Waals surface area contributed by atoms with Crippen molar-refractivity contribution in [3.8, 4) is 17.0 Å². The Kier molecular flexibility index (Phi) is 6.08. The van der Waals surface area contributed by atoms with E-state index in [9.17, 15) is 8.42 Å². The van der Waals surface area contributed by atoms with Crippen LogP contribution in [-0.4, -0.2) is 38.8 Å². The van der Waals surface area contributed by atoms with Gasteiger partial charge in [0.2, 0.25) is 0 Å². The van der Waals surface area contributed by atoms with E-state index in [1.807, 2.05) is 25.1 Å². The van der Waals surface area contributed by atoms with Gasteiger partial charge in [-0.25, -0.2) is 8.42 Å². The van der Waals surface area contributed by atoms with Gasteiger partial charge in [0.25, 0.3) is 10.0 Å². The molecule has 1 fully saturated rings. The van der Waals surface area contributed by atoms with Crippen LogP contribution in [0.5, 0.6) is 5.75 Å². The summed E-state index contributed by atoms with van der Waals surface area (Å²) < 4.78 is 33.5. The second kappa shape index (κ2) is 8.93. The van der Waals surface area contributed by atoms with Crippen LogP contribution in [0.2, 0.25) is 0 Å². The average molecular weight is 439 g/mol. The first-order valence-corrected chi connectivity index (χ1v) is 11.8. The van der Waals surface area contributed by atoms with Gasteiger partial charge in [-0.2, -0.15) is 0 Å². The Morgan fingerprint density at radius 3 is 2.45 bits per heavy atom. The highest BCUT2D eigenvalue weighted by Crippen LogP contribution is 2.26. The van der Waals surface area contributed by atoms with E-state index in [1.54, 1.807) is 37.4 Å². The van der Waals surface area contributed by atoms with Gasteiger partial charge in [-0.15, -0.1) is 10.2 Å². The van der Waals surface area contributed by atoms with Gasteiger partial charge < -0.3 is 9.64 Å². The minimum absolute atomic E-state index is 0.182. The van der Waals surface area contributed by atoms with E-state index >= 15 is 0 Å². The minimum atomic E-state index is -3.73. The Morgan fingerprint density at radius 1 is 0.968 bits per heavy atom. The number of hydrogen-bond acceptors (Lipinski definition) is 6. The zero-order valence-electron chi connectivity index (χ0n) is 17.7. The summed E-state index contributed by atoms with van der Waals surface area (Å²) in [5.41, 5.74) is 2.71. The summed E-state index contributed by atoms with van der Waals surface area (Å²) in [7, 11) is -2.17. The summed E-state index contributed by atoms with van der Waals surface area (Å²) in [6, 6.07) is 15.8. The molecule has 1 N–H and O–H groups in total. The van der Waals surface area contributed by atoms with Crippen LogP contribution in [0, 0.1) is 6.92 Å². The second-order valence-electron chi connectivity index (χ2n) is 7.64. The third-order valence-corrected chi connectivity index (χ3v) is 6.80. The zero-order chi connectivity index (χ0) is 21.8. The highest BCUT2D eigenvalue weighted by Gasteiger charge is 2.17. The molecule has 0 saturated carbocycles. The number of sulfonamides is 1. The molecule has 1 saturated heterocycles. The fourth-order valence-electron chi connectivity index (χ4n) is 3.75. The van der Waals surface area contributed by atoms with Crippen LogP contribution in [0.15, 0.2) is 59.5 Å². The predicted octanol–water partition coefficient (Wildman–Crippen LogP) is 4.25. The summed E-state index contributed by atoms with van der Waals surface area (Å²) in [6.45, 7) is 3.83. The van der Waals surface area contributed by atoms with Crippen LogP contribution in [0.4, 0.5) is 11.5 Å². The Hall–Kier alpha value is -3.13. The third-order valence-electron chi connectivity index (χ3n) is 5.42. The molecule has 7 nitrogen and oxygen atoms in total. The van der Waals surface area contributed by atoms with Crippen molar-refractivity contribution in [2.24, 2.45) is 0 Å². The monoisotopic (exact) mass is 438 g/mol. The van der Waals surface area contributed by atoms with Crippen molar-refractivity contribution >= 4 is 21.5 Å². The molecule has 0 atom stereocenters. The molecule has 2 heterocycles. The molecule has 0 unspecified atom stereocenters. The Bertz CT molecular complexity index is 1160. The van der Waals surface area contributed by atoms with Crippen LogP contribution in [0.1, 0.15) is 24.8 Å². The maximum atomic E-state index is 12.8. The summed E-state index contributed by atoms with van der Waals surface area (Å²) in [4.78, 5) is 2.43. The molecule has 8 heteroatoms. The summed E-state index contributed by atoms with van der Waals surface area (Å²) >= 11 is 0. The molecule has 3 aromatic rings. The van der Waals surface area contributed by atoms with E-state index in [1.165, 1.54) is 25.3 Å². The number of nitrogens with one attached hydrogen (secondary N) is 1.